The fourth-order valence-corrected chi connectivity index (χ4v) is 1.68. The molecule has 2 aromatic rings. The molecule has 1 aromatic carbocycles. The minimum absolute atomic E-state index is 0.0516. The fourth-order valence-electron chi connectivity index (χ4n) is 1.68. The largest absolute Gasteiger partial charge is 0.497 e. The Kier molecular flexibility index (Phi) is 3.75. The van der Waals surface area contributed by atoms with Crippen LogP contribution < -0.4 is 9.47 Å². The number of ether oxygens (including phenoxy) is 2. The second kappa shape index (κ2) is 5.48. The number of carbonyl (C=O) groups is 1. The van der Waals surface area contributed by atoms with Crippen molar-refractivity contribution in [3.8, 4) is 11.5 Å². The van der Waals surface area contributed by atoms with Crippen molar-refractivity contribution in [2.75, 3.05) is 7.11 Å². The number of rotatable bonds is 5. The fraction of sp³-hybridized carbons (Fsp3) is 0.214. The highest BCUT2D eigenvalue weighted by Crippen LogP contribution is 2.21. The summed E-state index contributed by atoms with van der Waals surface area (Å²) in [5, 5.41) is 8.88. The van der Waals surface area contributed by atoms with Gasteiger partial charge in [-0.3, -0.25) is 0 Å². The van der Waals surface area contributed by atoms with E-state index in [0.717, 1.165) is 0 Å². The summed E-state index contributed by atoms with van der Waals surface area (Å²) >= 11 is 0. The topological polar surface area (TPSA) is 68.9 Å². The number of methoxy groups -OCH3 is 1. The predicted octanol–water partition coefficient (Wildman–Crippen LogP) is 2.87. The van der Waals surface area contributed by atoms with Gasteiger partial charge in [-0.1, -0.05) is 6.07 Å². The Hall–Kier alpha value is -2.43. The van der Waals surface area contributed by atoms with E-state index in [1.54, 1.807) is 32.2 Å². The van der Waals surface area contributed by atoms with Gasteiger partial charge >= 0.3 is 5.97 Å². The van der Waals surface area contributed by atoms with Crippen LogP contribution in [0.4, 0.5) is 0 Å². The lowest BCUT2D eigenvalue weighted by Gasteiger charge is -2.05. The zero-order valence-electron chi connectivity index (χ0n) is 10.7. The number of aryl methyl sites for hydroxylation is 1. The normalized spacial score (nSPS) is 10.2. The first kappa shape index (κ1) is 13.0. The molecule has 0 aliphatic rings. The maximum Gasteiger partial charge on any atom is 0.372 e. The molecule has 5 nitrogen and oxygen atoms in total. The molecule has 19 heavy (non-hydrogen) atoms. The zero-order chi connectivity index (χ0) is 13.8. The standard InChI is InChI=1S/C14H14O5/c1-9-6-12(19-13(9)14(15)16)8-18-11-5-3-4-10(7-11)17-2/h3-7H,8H2,1-2H3,(H,15,16). The Morgan fingerprint density at radius 3 is 2.68 bits per heavy atom. The van der Waals surface area contributed by atoms with Gasteiger partial charge in [0.25, 0.3) is 0 Å². The molecule has 0 radical (unpaired) electrons. The molecule has 1 aromatic heterocycles. The monoisotopic (exact) mass is 262 g/mol. The van der Waals surface area contributed by atoms with Crippen LogP contribution in [0.2, 0.25) is 0 Å². The maximum atomic E-state index is 10.8. The average Bonchev–Trinajstić information content (AvgIpc) is 2.78. The third-order valence-corrected chi connectivity index (χ3v) is 2.59. The molecule has 0 unspecified atom stereocenters. The number of benzene rings is 1. The van der Waals surface area contributed by atoms with Crippen molar-refractivity contribution in [2.45, 2.75) is 13.5 Å². The third kappa shape index (κ3) is 3.07. The zero-order valence-corrected chi connectivity index (χ0v) is 10.7. The first-order chi connectivity index (χ1) is 9.10. The summed E-state index contributed by atoms with van der Waals surface area (Å²) in [5.41, 5.74) is 0.580. The lowest BCUT2D eigenvalue weighted by molar-refractivity contribution is 0.0657. The van der Waals surface area contributed by atoms with Gasteiger partial charge in [-0.2, -0.15) is 0 Å². The summed E-state index contributed by atoms with van der Waals surface area (Å²) in [4.78, 5) is 10.8. The molecule has 0 saturated carbocycles. The molecule has 100 valence electrons. The lowest BCUT2D eigenvalue weighted by atomic mass is 10.2. The van der Waals surface area contributed by atoms with E-state index >= 15 is 0 Å². The van der Waals surface area contributed by atoms with Crippen molar-refractivity contribution in [3.05, 3.63) is 47.4 Å². The van der Waals surface area contributed by atoms with E-state index in [9.17, 15) is 4.79 Å². The summed E-state index contributed by atoms with van der Waals surface area (Å²) in [5.74, 6) is 0.664. The number of aromatic carboxylic acids is 1. The van der Waals surface area contributed by atoms with Crippen molar-refractivity contribution in [3.63, 3.8) is 0 Å². The number of carboxylic acids is 1. The van der Waals surface area contributed by atoms with E-state index in [2.05, 4.69) is 0 Å². The molecule has 0 aliphatic carbocycles. The van der Waals surface area contributed by atoms with E-state index < -0.39 is 5.97 Å². The molecular formula is C14H14O5. The van der Waals surface area contributed by atoms with E-state index in [-0.39, 0.29) is 12.4 Å². The molecule has 5 heteroatoms. The van der Waals surface area contributed by atoms with Gasteiger partial charge in [0.2, 0.25) is 5.76 Å². The Morgan fingerprint density at radius 2 is 2.05 bits per heavy atom. The first-order valence-corrected chi connectivity index (χ1v) is 5.69. The van der Waals surface area contributed by atoms with Gasteiger partial charge in [0.1, 0.15) is 23.9 Å². The molecule has 2 rings (SSSR count). The highest BCUT2D eigenvalue weighted by molar-refractivity contribution is 5.86. The van der Waals surface area contributed by atoms with Crippen LogP contribution in [0, 0.1) is 6.92 Å². The lowest BCUT2D eigenvalue weighted by Crippen LogP contribution is -1.96. The van der Waals surface area contributed by atoms with Gasteiger partial charge in [-0.25, -0.2) is 4.79 Å². The first-order valence-electron chi connectivity index (χ1n) is 5.69. The molecule has 0 atom stereocenters. The van der Waals surface area contributed by atoms with Gasteiger partial charge in [-0.15, -0.1) is 0 Å². The molecule has 0 aliphatic heterocycles. The summed E-state index contributed by atoms with van der Waals surface area (Å²) in [6, 6.07) is 8.81. The minimum Gasteiger partial charge on any atom is -0.497 e. The van der Waals surface area contributed by atoms with Crippen LogP contribution in [0.5, 0.6) is 11.5 Å². The van der Waals surface area contributed by atoms with Crippen LogP contribution in [0.15, 0.2) is 34.7 Å². The van der Waals surface area contributed by atoms with Crippen LogP contribution in [-0.2, 0) is 6.61 Å². The van der Waals surface area contributed by atoms with Crippen LogP contribution in [-0.4, -0.2) is 18.2 Å². The molecular weight excluding hydrogens is 248 g/mol. The quantitative estimate of drug-likeness (QED) is 0.897. The maximum absolute atomic E-state index is 10.8. The minimum atomic E-state index is -1.08. The summed E-state index contributed by atoms with van der Waals surface area (Å²) < 4.78 is 15.8. The third-order valence-electron chi connectivity index (χ3n) is 2.59. The Labute approximate surface area is 110 Å². The summed E-state index contributed by atoms with van der Waals surface area (Å²) in [6.07, 6.45) is 0. The van der Waals surface area contributed by atoms with Crippen LogP contribution >= 0.6 is 0 Å². The van der Waals surface area contributed by atoms with Crippen molar-refractivity contribution >= 4 is 5.97 Å². The highest BCUT2D eigenvalue weighted by Gasteiger charge is 2.14. The molecule has 0 spiro atoms. The number of hydrogen-bond acceptors (Lipinski definition) is 4. The summed E-state index contributed by atoms with van der Waals surface area (Å²) in [6.45, 7) is 1.85. The van der Waals surface area contributed by atoms with E-state index in [1.165, 1.54) is 0 Å². The van der Waals surface area contributed by atoms with Gasteiger partial charge in [0, 0.05) is 11.6 Å². The summed E-state index contributed by atoms with van der Waals surface area (Å²) in [7, 11) is 1.58. The molecule has 0 bridgehead atoms. The van der Waals surface area contributed by atoms with Crippen LogP contribution in [0.1, 0.15) is 21.9 Å². The Morgan fingerprint density at radius 1 is 1.32 bits per heavy atom. The molecule has 0 saturated heterocycles. The second-order valence-electron chi connectivity index (χ2n) is 4.00. The molecule has 0 amide bonds. The van der Waals surface area contributed by atoms with Gasteiger partial charge in [0.15, 0.2) is 0 Å². The Bertz CT molecular complexity index is 585. The number of hydrogen-bond donors (Lipinski definition) is 1. The van der Waals surface area contributed by atoms with Crippen molar-refractivity contribution < 1.29 is 23.8 Å². The molecule has 0 fully saturated rings. The van der Waals surface area contributed by atoms with Gasteiger partial charge in [-0.05, 0) is 25.1 Å². The van der Waals surface area contributed by atoms with Crippen molar-refractivity contribution in [2.24, 2.45) is 0 Å². The van der Waals surface area contributed by atoms with E-state index in [0.29, 0.717) is 22.8 Å². The Balaban J connectivity index is 2.06. The van der Waals surface area contributed by atoms with E-state index in [1.807, 2.05) is 12.1 Å². The van der Waals surface area contributed by atoms with Crippen LogP contribution in [0.25, 0.3) is 0 Å². The van der Waals surface area contributed by atoms with Crippen molar-refractivity contribution in [1.82, 2.24) is 0 Å². The SMILES string of the molecule is COc1cccc(OCc2cc(C)c(C(=O)O)o2)c1. The number of furan rings is 1. The molecule has 1 heterocycles. The molecule has 1 N–H and O–H groups in total. The van der Waals surface area contributed by atoms with Crippen LogP contribution in [0.3, 0.4) is 0 Å². The second-order valence-corrected chi connectivity index (χ2v) is 4.00. The van der Waals surface area contributed by atoms with Gasteiger partial charge in [0.05, 0.1) is 7.11 Å². The van der Waals surface area contributed by atoms with Crippen molar-refractivity contribution in [1.29, 1.82) is 0 Å². The number of carboxylic acid groups (broad SMARTS) is 1. The predicted molar refractivity (Wildman–Crippen MR) is 67.7 cm³/mol. The van der Waals surface area contributed by atoms with Gasteiger partial charge < -0.3 is 19.0 Å². The smallest absolute Gasteiger partial charge is 0.372 e. The van der Waals surface area contributed by atoms with E-state index in [4.69, 9.17) is 19.0 Å². The average molecular weight is 262 g/mol. The highest BCUT2D eigenvalue weighted by atomic mass is 16.5.